The highest BCUT2D eigenvalue weighted by Gasteiger charge is 2.20. The number of aryl methyl sites for hydroxylation is 2. The van der Waals surface area contributed by atoms with Crippen molar-refractivity contribution in [3.63, 3.8) is 0 Å². The average molecular weight is 278 g/mol. The molecule has 0 saturated carbocycles. The summed E-state index contributed by atoms with van der Waals surface area (Å²) in [5.41, 5.74) is 4.40. The monoisotopic (exact) mass is 278 g/mol. The second kappa shape index (κ2) is 4.98. The molecular formula is C17H14N2O2. The first-order valence-electron chi connectivity index (χ1n) is 6.67. The summed E-state index contributed by atoms with van der Waals surface area (Å²) in [6.07, 6.45) is 1.35. The summed E-state index contributed by atoms with van der Waals surface area (Å²) >= 11 is 0. The molecule has 0 aliphatic rings. The highest BCUT2D eigenvalue weighted by atomic mass is 16.6. The molecule has 0 fully saturated rings. The topological polar surface area (TPSA) is 56.0 Å². The lowest BCUT2D eigenvalue weighted by Crippen LogP contribution is -1.96. The Morgan fingerprint density at radius 1 is 1.10 bits per heavy atom. The highest BCUT2D eigenvalue weighted by molar-refractivity contribution is 5.99. The zero-order chi connectivity index (χ0) is 15.0. The number of hydrogen-bond donors (Lipinski definition) is 0. The smallest absolute Gasteiger partial charge is 0.258 e. The van der Waals surface area contributed by atoms with Gasteiger partial charge < -0.3 is 0 Å². The summed E-state index contributed by atoms with van der Waals surface area (Å²) in [4.78, 5) is 15.3. The van der Waals surface area contributed by atoms with E-state index in [0.29, 0.717) is 5.56 Å². The van der Waals surface area contributed by atoms with Crippen LogP contribution in [0.1, 0.15) is 11.1 Å². The molecule has 0 spiro atoms. The molecule has 0 atom stereocenters. The molecular weight excluding hydrogens is 264 g/mol. The standard InChI is InChI=1S/C17H14N2O2/c1-11-7-8-15-14(9-11)17(16(10-18-15)19(20)21)13-6-4-3-5-12(13)2/h3-10H,1-2H3. The molecule has 0 unspecified atom stereocenters. The third-order valence-corrected chi connectivity index (χ3v) is 3.61. The van der Waals surface area contributed by atoms with Crippen molar-refractivity contribution in [2.75, 3.05) is 0 Å². The van der Waals surface area contributed by atoms with Crippen LogP contribution in [0.2, 0.25) is 0 Å². The zero-order valence-electron chi connectivity index (χ0n) is 11.8. The molecule has 3 aromatic rings. The Morgan fingerprint density at radius 2 is 1.86 bits per heavy atom. The van der Waals surface area contributed by atoms with Gasteiger partial charge in [0, 0.05) is 5.39 Å². The molecule has 3 rings (SSSR count). The number of aromatic nitrogens is 1. The number of fused-ring (bicyclic) bond motifs is 1. The summed E-state index contributed by atoms with van der Waals surface area (Å²) in [6, 6.07) is 13.5. The molecule has 1 heterocycles. The van der Waals surface area contributed by atoms with Crippen LogP contribution in [-0.4, -0.2) is 9.91 Å². The minimum absolute atomic E-state index is 0.0439. The molecule has 0 saturated heterocycles. The van der Waals surface area contributed by atoms with Crippen LogP contribution in [0, 0.1) is 24.0 Å². The van der Waals surface area contributed by atoms with E-state index in [2.05, 4.69) is 4.98 Å². The number of nitrogens with zero attached hydrogens (tertiary/aromatic N) is 2. The molecule has 0 N–H and O–H groups in total. The zero-order valence-corrected chi connectivity index (χ0v) is 11.8. The van der Waals surface area contributed by atoms with E-state index >= 15 is 0 Å². The van der Waals surface area contributed by atoms with Crippen molar-refractivity contribution in [2.45, 2.75) is 13.8 Å². The Kier molecular flexibility index (Phi) is 3.14. The minimum Gasteiger partial charge on any atom is -0.258 e. The third kappa shape index (κ3) is 2.25. The van der Waals surface area contributed by atoms with Crippen molar-refractivity contribution < 1.29 is 4.92 Å². The van der Waals surface area contributed by atoms with Crippen molar-refractivity contribution in [1.29, 1.82) is 0 Å². The number of nitro groups is 1. The molecule has 0 radical (unpaired) electrons. The fourth-order valence-electron chi connectivity index (χ4n) is 2.57. The van der Waals surface area contributed by atoms with E-state index in [1.54, 1.807) is 0 Å². The normalized spacial score (nSPS) is 10.8. The lowest BCUT2D eigenvalue weighted by Gasteiger charge is -2.10. The van der Waals surface area contributed by atoms with Gasteiger partial charge in [0.05, 0.1) is 16.0 Å². The fourth-order valence-corrected chi connectivity index (χ4v) is 2.57. The van der Waals surface area contributed by atoms with Crippen LogP contribution in [0.3, 0.4) is 0 Å². The van der Waals surface area contributed by atoms with Crippen molar-refractivity contribution >= 4 is 16.6 Å². The van der Waals surface area contributed by atoms with E-state index in [1.807, 2.05) is 56.3 Å². The van der Waals surface area contributed by atoms with Crippen LogP contribution in [0.5, 0.6) is 0 Å². The van der Waals surface area contributed by atoms with E-state index in [9.17, 15) is 10.1 Å². The van der Waals surface area contributed by atoms with Gasteiger partial charge in [0.1, 0.15) is 6.20 Å². The molecule has 104 valence electrons. The summed E-state index contributed by atoms with van der Waals surface area (Å²) < 4.78 is 0. The summed E-state index contributed by atoms with van der Waals surface area (Å²) in [7, 11) is 0. The second-order valence-electron chi connectivity index (χ2n) is 5.11. The van der Waals surface area contributed by atoms with E-state index in [-0.39, 0.29) is 10.6 Å². The van der Waals surface area contributed by atoms with Crippen LogP contribution in [-0.2, 0) is 0 Å². The molecule has 1 aromatic heterocycles. The first-order valence-corrected chi connectivity index (χ1v) is 6.67. The van der Waals surface area contributed by atoms with Crippen molar-refractivity contribution in [2.24, 2.45) is 0 Å². The maximum Gasteiger partial charge on any atom is 0.295 e. The maximum atomic E-state index is 11.4. The summed E-state index contributed by atoms with van der Waals surface area (Å²) in [6.45, 7) is 3.93. The Bertz CT molecular complexity index is 857. The summed E-state index contributed by atoms with van der Waals surface area (Å²) in [5, 5.41) is 12.2. The van der Waals surface area contributed by atoms with Gasteiger partial charge >= 0.3 is 0 Å². The van der Waals surface area contributed by atoms with Gasteiger partial charge in [-0.1, -0.05) is 35.9 Å². The Morgan fingerprint density at radius 3 is 2.57 bits per heavy atom. The summed E-state index contributed by atoms with van der Waals surface area (Å²) in [5.74, 6) is 0. The molecule has 4 heteroatoms. The lowest BCUT2D eigenvalue weighted by molar-refractivity contribution is -0.384. The molecule has 0 amide bonds. The number of hydrogen-bond acceptors (Lipinski definition) is 3. The second-order valence-corrected chi connectivity index (χ2v) is 5.11. The maximum absolute atomic E-state index is 11.4. The van der Waals surface area contributed by atoms with Gasteiger partial charge in [-0.05, 0) is 37.1 Å². The van der Waals surface area contributed by atoms with Crippen molar-refractivity contribution in [1.82, 2.24) is 4.98 Å². The van der Waals surface area contributed by atoms with Gasteiger partial charge in [-0.15, -0.1) is 0 Å². The Labute approximate surface area is 122 Å². The van der Waals surface area contributed by atoms with Gasteiger partial charge in [-0.3, -0.25) is 10.1 Å². The molecule has 4 nitrogen and oxygen atoms in total. The first kappa shape index (κ1) is 13.2. The lowest BCUT2D eigenvalue weighted by atomic mass is 9.95. The van der Waals surface area contributed by atoms with Crippen LogP contribution in [0.4, 0.5) is 5.69 Å². The first-order chi connectivity index (χ1) is 10.1. The van der Waals surface area contributed by atoms with E-state index in [4.69, 9.17) is 0 Å². The van der Waals surface area contributed by atoms with Crippen molar-refractivity contribution in [3.8, 4) is 11.1 Å². The Balaban J connectivity index is 2.47. The Hall–Kier alpha value is -2.75. The number of pyridine rings is 1. The van der Waals surface area contributed by atoms with Crippen LogP contribution in [0.25, 0.3) is 22.0 Å². The SMILES string of the molecule is Cc1ccc2ncc([N+](=O)[O-])c(-c3ccccc3C)c2c1. The van der Waals surface area contributed by atoms with Crippen LogP contribution >= 0.6 is 0 Å². The van der Waals surface area contributed by atoms with Gasteiger partial charge in [0.2, 0.25) is 0 Å². The van der Waals surface area contributed by atoms with Gasteiger partial charge in [0.15, 0.2) is 0 Å². The molecule has 0 bridgehead atoms. The van der Waals surface area contributed by atoms with E-state index < -0.39 is 0 Å². The quantitative estimate of drug-likeness (QED) is 0.514. The molecule has 0 aliphatic heterocycles. The van der Waals surface area contributed by atoms with Gasteiger partial charge in [0.25, 0.3) is 5.69 Å². The highest BCUT2D eigenvalue weighted by Crippen LogP contribution is 2.37. The number of benzene rings is 2. The van der Waals surface area contributed by atoms with Crippen LogP contribution < -0.4 is 0 Å². The predicted octanol–water partition coefficient (Wildman–Crippen LogP) is 4.43. The van der Waals surface area contributed by atoms with E-state index in [0.717, 1.165) is 27.6 Å². The number of rotatable bonds is 2. The molecule has 0 aliphatic carbocycles. The van der Waals surface area contributed by atoms with Gasteiger partial charge in [-0.2, -0.15) is 0 Å². The average Bonchev–Trinajstić information content (AvgIpc) is 2.46. The van der Waals surface area contributed by atoms with E-state index in [1.165, 1.54) is 6.20 Å². The molecule has 21 heavy (non-hydrogen) atoms. The fraction of sp³-hybridized carbons (Fsp3) is 0.118. The van der Waals surface area contributed by atoms with Gasteiger partial charge in [-0.25, -0.2) is 4.98 Å². The minimum atomic E-state index is -0.365. The largest absolute Gasteiger partial charge is 0.295 e. The predicted molar refractivity (Wildman–Crippen MR) is 83.3 cm³/mol. The van der Waals surface area contributed by atoms with Crippen LogP contribution in [0.15, 0.2) is 48.7 Å². The molecule has 2 aromatic carbocycles. The third-order valence-electron chi connectivity index (χ3n) is 3.61. The van der Waals surface area contributed by atoms with Crippen molar-refractivity contribution in [3.05, 3.63) is 69.9 Å².